The lowest BCUT2D eigenvalue weighted by Gasteiger charge is -2.21. The molecule has 1 saturated heterocycles. The lowest BCUT2D eigenvalue weighted by molar-refractivity contribution is -0.127. The number of aliphatic hydroxyl groups excluding tert-OH is 2. The molecule has 1 aliphatic heterocycles. The van der Waals surface area contributed by atoms with E-state index in [0.717, 1.165) is 32.1 Å². The Labute approximate surface area is 121 Å². The number of hydrogen-bond acceptors (Lipinski definition) is 3. The Kier molecular flexibility index (Phi) is 8.23. The maximum atomic E-state index is 11.8. The first-order valence-corrected chi connectivity index (χ1v) is 7.60. The van der Waals surface area contributed by atoms with Gasteiger partial charge in [0.05, 0.1) is 18.8 Å². The number of hydrogen-bond donors (Lipinski definition) is 2. The second-order valence-corrected chi connectivity index (χ2v) is 5.25. The number of likely N-dealkylation sites (tertiary alicyclic amines) is 1. The van der Waals surface area contributed by atoms with E-state index in [1.807, 2.05) is 18.2 Å². The number of rotatable bonds is 9. The van der Waals surface area contributed by atoms with Gasteiger partial charge in [-0.15, -0.1) is 0 Å². The Morgan fingerprint density at radius 3 is 2.90 bits per heavy atom. The van der Waals surface area contributed by atoms with Gasteiger partial charge in [-0.05, 0) is 12.8 Å². The average molecular weight is 281 g/mol. The van der Waals surface area contributed by atoms with E-state index < -0.39 is 6.10 Å². The second kappa shape index (κ2) is 9.72. The first-order valence-electron chi connectivity index (χ1n) is 7.60. The summed E-state index contributed by atoms with van der Waals surface area (Å²) in [6.07, 6.45) is 12.3. The van der Waals surface area contributed by atoms with Gasteiger partial charge in [0.1, 0.15) is 0 Å². The number of nitrogens with zero attached hydrogens (tertiary/aromatic N) is 1. The normalized spacial score (nSPS) is 21.4. The van der Waals surface area contributed by atoms with E-state index in [1.165, 1.54) is 0 Å². The molecule has 1 amide bonds. The number of unbranched alkanes of at least 4 members (excludes halogenated alkanes) is 2. The Hall–Kier alpha value is -1.13. The molecule has 2 N–H and O–H groups in total. The fraction of sp³-hybridized carbons (Fsp3) is 0.688. The summed E-state index contributed by atoms with van der Waals surface area (Å²) in [6.45, 7) is 2.67. The maximum Gasteiger partial charge on any atom is 0.223 e. The molecule has 4 heteroatoms. The van der Waals surface area contributed by atoms with Crippen LogP contribution >= 0.6 is 0 Å². The van der Waals surface area contributed by atoms with Crippen molar-refractivity contribution in [1.82, 2.24) is 4.90 Å². The van der Waals surface area contributed by atoms with E-state index >= 15 is 0 Å². The second-order valence-electron chi connectivity index (χ2n) is 5.25. The van der Waals surface area contributed by atoms with E-state index in [-0.39, 0.29) is 18.6 Å². The molecule has 114 valence electrons. The van der Waals surface area contributed by atoms with Gasteiger partial charge in [-0.1, -0.05) is 50.5 Å². The van der Waals surface area contributed by atoms with E-state index in [4.69, 9.17) is 5.11 Å². The zero-order valence-electron chi connectivity index (χ0n) is 12.4. The molecule has 0 radical (unpaired) electrons. The minimum Gasteiger partial charge on any atom is -0.392 e. The van der Waals surface area contributed by atoms with Crippen molar-refractivity contribution in [1.29, 1.82) is 0 Å². The van der Waals surface area contributed by atoms with E-state index in [9.17, 15) is 9.90 Å². The van der Waals surface area contributed by atoms with Crippen LogP contribution in [0.15, 0.2) is 24.3 Å². The van der Waals surface area contributed by atoms with Crippen LogP contribution in [0.1, 0.15) is 45.4 Å². The average Bonchev–Trinajstić information content (AvgIpc) is 2.78. The van der Waals surface area contributed by atoms with Crippen molar-refractivity contribution in [2.24, 2.45) is 0 Å². The summed E-state index contributed by atoms with van der Waals surface area (Å²) >= 11 is 0. The smallest absolute Gasteiger partial charge is 0.223 e. The standard InChI is InChI=1S/C16H27NO3/c1-2-3-4-7-15(19)10-8-14-9-11-16(20)17(14)12-5-6-13-18/h5-6,8,10,14-15,18-19H,2-4,7,9,11-13H2,1H3/b6-5-,10-8+/t14-,15?/m0/s1. The first-order chi connectivity index (χ1) is 9.69. The van der Waals surface area contributed by atoms with Gasteiger partial charge in [0.2, 0.25) is 5.91 Å². The topological polar surface area (TPSA) is 60.8 Å². The fourth-order valence-corrected chi connectivity index (χ4v) is 2.41. The molecule has 1 heterocycles. The zero-order chi connectivity index (χ0) is 14.8. The predicted molar refractivity (Wildman–Crippen MR) is 80.2 cm³/mol. The molecule has 1 aliphatic rings. The van der Waals surface area contributed by atoms with Crippen LogP contribution in [-0.4, -0.2) is 46.3 Å². The first kappa shape index (κ1) is 16.9. The van der Waals surface area contributed by atoms with Gasteiger partial charge in [-0.2, -0.15) is 0 Å². The zero-order valence-corrected chi connectivity index (χ0v) is 12.4. The third-order valence-electron chi connectivity index (χ3n) is 3.61. The van der Waals surface area contributed by atoms with Gasteiger partial charge >= 0.3 is 0 Å². The molecule has 0 bridgehead atoms. The lowest BCUT2D eigenvalue weighted by Crippen LogP contribution is -2.32. The molecule has 1 unspecified atom stereocenters. The molecule has 0 aromatic heterocycles. The third-order valence-corrected chi connectivity index (χ3v) is 3.61. The van der Waals surface area contributed by atoms with Crippen molar-refractivity contribution in [3.05, 3.63) is 24.3 Å². The molecule has 2 atom stereocenters. The van der Waals surface area contributed by atoms with Crippen molar-refractivity contribution < 1.29 is 15.0 Å². The molecular formula is C16H27NO3. The van der Waals surface area contributed by atoms with Gasteiger partial charge in [-0.3, -0.25) is 4.79 Å². The highest BCUT2D eigenvalue weighted by Gasteiger charge is 2.27. The van der Waals surface area contributed by atoms with Crippen molar-refractivity contribution in [3.63, 3.8) is 0 Å². The summed E-state index contributed by atoms with van der Waals surface area (Å²) < 4.78 is 0. The highest BCUT2D eigenvalue weighted by Crippen LogP contribution is 2.20. The summed E-state index contributed by atoms with van der Waals surface area (Å²) in [5, 5.41) is 18.6. The monoisotopic (exact) mass is 281 g/mol. The lowest BCUT2D eigenvalue weighted by atomic mass is 10.1. The van der Waals surface area contributed by atoms with Gasteiger partial charge in [0.25, 0.3) is 0 Å². The quantitative estimate of drug-likeness (QED) is 0.502. The number of carbonyl (C=O) groups is 1. The molecule has 4 nitrogen and oxygen atoms in total. The SMILES string of the molecule is CCCCCC(O)/C=C/[C@H]1CCC(=O)N1C/C=C\CO. The maximum absolute atomic E-state index is 11.8. The molecule has 20 heavy (non-hydrogen) atoms. The van der Waals surface area contributed by atoms with Gasteiger partial charge in [-0.25, -0.2) is 0 Å². The number of amides is 1. The highest BCUT2D eigenvalue weighted by molar-refractivity contribution is 5.79. The van der Waals surface area contributed by atoms with E-state index in [1.54, 1.807) is 11.0 Å². The summed E-state index contributed by atoms with van der Waals surface area (Å²) in [4.78, 5) is 13.6. The predicted octanol–water partition coefficient (Wildman–Crippen LogP) is 2.02. The fourth-order valence-electron chi connectivity index (χ4n) is 2.41. The molecule has 0 aliphatic carbocycles. The van der Waals surface area contributed by atoms with Crippen LogP contribution in [0.4, 0.5) is 0 Å². The number of aliphatic hydroxyl groups is 2. The Bertz CT molecular complexity index is 339. The van der Waals surface area contributed by atoms with Crippen LogP contribution in [0.5, 0.6) is 0 Å². The van der Waals surface area contributed by atoms with Crippen LogP contribution in [0, 0.1) is 0 Å². The summed E-state index contributed by atoms with van der Waals surface area (Å²) in [5.41, 5.74) is 0. The van der Waals surface area contributed by atoms with Crippen LogP contribution in [0.25, 0.3) is 0 Å². The van der Waals surface area contributed by atoms with Crippen molar-refractivity contribution in [3.8, 4) is 0 Å². The van der Waals surface area contributed by atoms with Gasteiger partial charge in [0.15, 0.2) is 0 Å². The Balaban J connectivity index is 2.43. The molecule has 0 aromatic carbocycles. The van der Waals surface area contributed by atoms with E-state index in [2.05, 4.69) is 6.92 Å². The minimum absolute atomic E-state index is 0.00131. The van der Waals surface area contributed by atoms with Crippen molar-refractivity contribution >= 4 is 5.91 Å². The Morgan fingerprint density at radius 1 is 1.40 bits per heavy atom. The molecule has 0 saturated carbocycles. The third kappa shape index (κ3) is 5.88. The molecule has 1 rings (SSSR count). The number of carbonyl (C=O) groups excluding carboxylic acids is 1. The van der Waals surface area contributed by atoms with Crippen LogP contribution in [-0.2, 0) is 4.79 Å². The summed E-state index contributed by atoms with van der Waals surface area (Å²) in [7, 11) is 0. The van der Waals surface area contributed by atoms with Crippen molar-refractivity contribution in [2.45, 2.75) is 57.6 Å². The molecule has 1 fully saturated rings. The van der Waals surface area contributed by atoms with E-state index in [0.29, 0.717) is 13.0 Å². The van der Waals surface area contributed by atoms with Crippen LogP contribution in [0.2, 0.25) is 0 Å². The largest absolute Gasteiger partial charge is 0.392 e. The highest BCUT2D eigenvalue weighted by atomic mass is 16.3. The molecular weight excluding hydrogens is 254 g/mol. The molecule has 0 aromatic rings. The summed E-state index contributed by atoms with van der Waals surface area (Å²) in [6, 6.07) is 0.0756. The molecule has 0 spiro atoms. The minimum atomic E-state index is -0.410. The summed E-state index contributed by atoms with van der Waals surface area (Å²) in [5.74, 6) is 0.141. The Morgan fingerprint density at radius 2 is 2.20 bits per heavy atom. The van der Waals surface area contributed by atoms with Crippen LogP contribution in [0.3, 0.4) is 0 Å². The van der Waals surface area contributed by atoms with Gasteiger partial charge < -0.3 is 15.1 Å². The van der Waals surface area contributed by atoms with Gasteiger partial charge in [0, 0.05) is 13.0 Å². The van der Waals surface area contributed by atoms with Crippen molar-refractivity contribution in [2.75, 3.05) is 13.2 Å². The van der Waals surface area contributed by atoms with Crippen LogP contribution < -0.4 is 0 Å².